The fraction of sp³-hybridized carbons (Fsp3) is 0.417. The van der Waals surface area contributed by atoms with Gasteiger partial charge in [-0.2, -0.15) is 0 Å². The van der Waals surface area contributed by atoms with E-state index in [1.165, 1.54) is 12.1 Å². The Morgan fingerprint density at radius 2 is 1.77 bits per heavy atom. The average molecular weight is 433 g/mol. The van der Waals surface area contributed by atoms with Gasteiger partial charge in [0.15, 0.2) is 0 Å². The molecule has 0 saturated carbocycles. The standard InChI is InChI=1S/C24H30ClFN2O2/c1-4-17(3)27-24(30)22(5-2)28(15-14-18-10-7-6-8-11-18)23(29)16-19-20(25)12-9-13-21(19)26/h6-13,17,22H,4-5,14-16H2,1-3H3,(H,27,30)/t17-,22-/m1/s1. The van der Waals surface area contributed by atoms with Crippen LogP contribution in [0.2, 0.25) is 5.02 Å². The van der Waals surface area contributed by atoms with Crippen LogP contribution in [0.15, 0.2) is 48.5 Å². The van der Waals surface area contributed by atoms with E-state index in [1.807, 2.05) is 51.1 Å². The van der Waals surface area contributed by atoms with Crippen molar-refractivity contribution in [2.45, 2.75) is 58.5 Å². The van der Waals surface area contributed by atoms with Crippen LogP contribution in [0, 0.1) is 5.82 Å². The Kier molecular flexibility index (Phi) is 9.31. The summed E-state index contributed by atoms with van der Waals surface area (Å²) in [6.07, 6.45) is 1.68. The van der Waals surface area contributed by atoms with Crippen LogP contribution in [-0.2, 0) is 22.4 Å². The molecule has 0 fully saturated rings. The van der Waals surface area contributed by atoms with Crippen molar-refractivity contribution < 1.29 is 14.0 Å². The molecule has 0 saturated heterocycles. The summed E-state index contributed by atoms with van der Waals surface area (Å²) in [6.45, 7) is 6.16. The van der Waals surface area contributed by atoms with E-state index in [1.54, 1.807) is 11.0 Å². The van der Waals surface area contributed by atoms with Crippen molar-refractivity contribution in [3.8, 4) is 0 Å². The number of carbonyl (C=O) groups excluding carboxylic acids is 2. The molecule has 2 rings (SSSR count). The van der Waals surface area contributed by atoms with E-state index in [0.29, 0.717) is 19.4 Å². The average Bonchev–Trinajstić information content (AvgIpc) is 2.74. The molecule has 162 valence electrons. The minimum atomic E-state index is -0.624. The molecule has 2 amide bonds. The number of amides is 2. The summed E-state index contributed by atoms with van der Waals surface area (Å²) in [5.41, 5.74) is 1.22. The van der Waals surface area contributed by atoms with Crippen molar-refractivity contribution in [3.05, 3.63) is 70.5 Å². The Hall–Kier alpha value is -2.40. The van der Waals surface area contributed by atoms with Crippen molar-refractivity contribution in [2.24, 2.45) is 0 Å². The topological polar surface area (TPSA) is 49.4 Å². The quantitative estimate of drug-likeness (QED) is 0.587. The molecule has 0 radical (unpaired) electrons. The molecule has 6 heteroatoms. The third-order valence-electron chi connectivity index (χ3n) is 5.26. The van der Waals surface area contributed by atoms with Gasteiger partial charge in [0.05, 0.1) is 6.42 Å². The number of rotatable bonds is 10. The monoisotopic (exact) mass is 432 g/mol. The Morgan fingerprint density at radius 1 is 1.07 bits per heavy atom. The normalized spacial score (nSPS) is 12.8. The molecule has 4 nitrogen and oxygen atoms in total. The summed E-state index contributed by atoms with van der Waals surface area (Å²) < 4.78 is 14.2. The van der Waals surface area contributed by atoms with Crippen LogP contribution in [0.25, 0.3) is 0 Å². The van der Waals surface area contributed by atoms with Crippen molar-refractivity contribution in [1.29, 1.82) is 0 Å². The van der Waals surface area contributed by atoms with Crippen LogP contribution >= 0.6 is 11.6 Å². The second kappa shape index (κ2) is 11.7. The molecular formula is C24H30ClFN2O2. The lowest BCUT2D eigenvalue weighted by atomic mass is 10.1. The van der Waals surface area contributed by atoms with E-state index in [2.05, 4.69) is 5.32 Å². The fourth-order valence-electron chi connectivity index (χ4n) is 3.29. The summed E-state index contributed by atoms with van der Waals surface area (Å²) in [4.78, 5) is 27.7. The second-order valence-electron chi connectivity index (χ2n) is 7.44. The third-order valence-corrected chi connectivity index (χ3v) is 5.61. The molecule has 0 spiro atoms. The van der Waals surface area contributed by atoms with E-state index in [-0.39, 0.29) is 34.9 Å². The number of nitrogens with zero attached hydrogens (tertiary/aromatic N) is 1. The predicted octanol–water partition coefficient (Wildman–Crippen LogP) is 4.79. The maximum absolute atomic E-state index is 14.2. The second-order valence-corrected chi connectivity index (χ2v) is 7.85. The molecule has 2 aromatic rings. The Labute approximate surface area is 183 Å². The highest BCUT2D eigenvalue weighted by Gasteiger charge is 2.29. The zero-order chi connectivity index (χ0) is 22.1. The summed E-state index contributed by atoms with van der Waals surface area (Å²) in [5.74, 6) is -1.02. The summed E-state index contributed by atoms with van der Waals surface area (Å²) in [5, 5.41) is 3.18. The number of nitrogens with one attached hydrogen (secondary N) is 1. The zero-order valence-corrected chi connectivity index (χ0v) is 18.6. The molecule has 30 heavy (non-hydrogen) atoms. The first-order chi connectivity index (χ1) is 14.4. The molecule has 0 aromatic heterocycles. The Balaban J connectivity index is 2.26. The van der Waals surface area contributed by atoms with Gasteiger partial charge in [-0.3, -0.25) is 9.59 Å². The predicted molar refractivity (Wildman–Crippen MR) is 119 cm³/mol. The van der Waals surface area contributed by atoms with Crippen LogP contribution in [-0.4, -0.2) is 35.3 Å². The first kappa shape index (κ1) is 23.9. The molecule has 0 bridgehead atoms. The van der Waals surface area contributed by atoms with Crippen molar-refractivity contribution >= 4 is 23.4 Å². The van der Waals surface area contributed by atoms with Crippen LogP contribution in [0.5, 0.6) is 0 Å². The Bertz CT molecular complexity index is 824. The van der Waals surface area contributed by atoms with Gasteiger partial charge >= 0.3 is 0 Å². The van der Waals surface area contributed by atoms with Gasteiger partial charge in [-0.1, -0.05) is 61.8 Å². The van der Waals surface area contributed by atoms with Crippen molar-refractivity contribution in [3.63, 3.8) is 0 Å². The van der Waals surface area contributed by atoms with Gasteiger partial charge in [0.25, 0.3) is 0 Å². The highest BCUT2D eigenvalue weighted by molar-refractivity contribution is 6.31. The van der Waals surface area contributed by atoms with Crippen molar-refractivity contribution in [2.75, 3.05) is 6.54 Å². The molecule has 0 unspecified atom stereocenters. The van der Waals surface area contributed by atoms with Crippen LogP contribution in [0.3, 0.4) is 0 Å². The lowest BCUT2D eigenvalue weighted by Gasteiger charge is -2.31. The van der Waals surface area contributed by atoms with E-state index in [4.69, 9.17) is 11.6 Å². The van der Waals surface area contributed by atoms with Crippen LogP contribution < -0.4 is 5.32 Å². The lowest BCUT2D eigenvalue weighted by Crippen LogP contribution is -2.52. The first-order valence-electron chi connectivity index (χ1n) is 10.4. The number of carbonyl (C=O) groups is 2. The molecule has 2 aromatic carbocycles. The largest absolute Gasteiger partial charge is 0.352 e. The lowest BCUT2D eigenvalue weighted by molar-refractivity contribution is -0.140. The molecule has 0 aliphatic heterocycles. The Morgan fingerprint density at radius 3 is 2.37 bits per heavy atom. The third kappa shape index (κ3) is 6.56. The van der Waals surface area contributed by atoms with Gasteiger partial charge in [-0.15, -0.1) is 0 Å². The minimum absolute atomic E-state index is 0.0126. The van der Waals surface area contributed by atoms with Gasteiger partial charge < -0.3 is 10.2 Å². The van der Waals surface area contributed by atoms with Gasteiger partial charge in [0.1, 0.15) is 11.9 Å². The zero-order valence-electron chi connectivity index (χ0n) is 17.8. The smallest absolute Gasteiger partial charge is 0.243 e. The molecule has 1 N–H and O–H groups in total. The molecule has 2 atom stereocenters. The van der Waals surface area contributed by atoms with Crippen LogP contribution in [0.4, 0.5) is 4.39 Å². The van der Waals surface area contributed by atoms with Gasteiger partial charge in [-0.05, 0) is 43.9 Å². The summed E-state index contributed by atoms with van der Waals surface area (Å²) in [7, 11) is 0. The van der Waals surface area contributed by atoms with E-state index in [9.17, 15) is 14.0 Å². The molecule has 0 aliphatic rings. The number of hydrogen-bond donors (Lipinski definition) is 1. The van der Waals surface area contributed by atoms with E-state index >= 15 is 0 Å². The molecular weight excluding hydrogens is 403 g/mol. The molecule has 0 aliphatic carbocycles. The summed E-state index contributed by atoms with van der Waals surface area (Å²) >= 11 is 6.12. The SMILES string of the molecule is CC[C@@H](C)NC(=O)[C@@H](CC)N(CCc1ccccc1)C(=O)Cc1c(F)cccc1Cl. The number of halogens is 2. The van der Waals surface area contributed by atoms with Gasteiger partial charge in [0.2, 0.25) is 11.8 Å². The fourth-order valence-corrected chi connectivity index (χ4v) is 3.52. The maximum atomic E-state index is 14.2. The number of hydrogen-bond acceptors (Lipinski definition) is 2. The van der Waals surface area contributed by atoms with Crippen LogP contribution in [0.1, 0.15) is 44.7 Å². The highest BCUT2D eigenvalue weighted by atomic mass is 35.5. The van der Waals surface area contributed by atoms with Gasteiger partial charge in [-0.25, -0.2) is 4.39 Å². The number of benzene rings is 2. The maximum Gasteiger partial charge on any atom is 0.243 e. The van der Waals surface area contributed by atoms with Crippen molar-refractivity contribution in [1.82, 2.24) is 10.2 Å². The van der Waals surface area contributed by atoms with Gasteiger partial charge in [0, 0.05) is 23.2 Å². The van der Waals surface area contributed by atoms with E-state index in [0.717, 1.165) is 12.0 Å². The summed E-state index contributed by atoms with van der Waals surface area (Å²) in [6, 6.07) is 13.5. The minimum Gasteiger partial charge on any atom is -0.352 e. The molecule has 0 heterocycles. The first-order valence-corrected chi connectivity index (χ1v) is 10.8. The van der Waals surface area contributed by atoms with E-state index < -0.39 is 11.9 Å². The highest BCUT2D eigenvalue weighted by Crippen LogP contribution is 2.21.